The molecule has 1 fully saturated rings. The fourth-order valence-corrected chi connectivity index (χ4v) is 3.25. The molecule has 1 aliphatic heterocycles. The average molecular weight is 333 g/mol. The SMILES string of the molecule is CCC(CCO)NC(=O)NC1CCN(Cc2cccc(C)c2)CC1. The van der Waals surface area contributed by atoms with Gasteiger partial charge in [-0.15, -0.1) is 0 Å². The first kappa shape index (κ1) is 18.7. The summed E-state index contributed by atoms with van der Waals surface area (Å²) in [6, 6.07) is 8.84. The molecule has 1 saturated heterocycles. The summed E-state index contributed by atoms with van der Waals surface area (Å²) in [7, 11) is 0. The van der Waals surface area contributed by atoms with Gasteiger partial charge in [0, 0.05) is 38.3 Å². The minimum Gasteiger partial charge on any atom is -0.396 e. The molecule has 3 N–H and O–H groups in total. The topological polar surface area (TPSA) is 64.6 Å². The third kappa shape index (κ3) is 6.13. The lowest BCUT2D eigenvalue weighted by Crippen LogP contribution is -2.50. The number of piperidine rings is 1. The van der Waals surface area contributed by atoms with Crippen molar-refractivity contribution >= 4 is 6.03 Å². The van der Waals surface area contributed by atoms with Gasteiger partial charge in [0.1, 0.15) is 0 Å². The van der Waals surface area contributed by atoms with E-state index in [-0.39, 0.29) is 24.7 Å². The van der Waals surface area contributed by atoms with Crippen molar-refractivity contribution in [1.82, 2.24) is 15.5 Å². The Morgan fingerprint density at radius 2 is 2.12 bits per heavy atom. The van der Waals surface area contributed by atoms with E-state index in [2.05, 4.69) is 46.7 Å². The van der Waals surface area contributed by atoms with Gasteiger partial charge in [0.2, 0.25) is 0 Å². The van der Waals surface area contributed by atoms with Gasteiger partial charge in [-0.25, -0.2) is 4.79 Å². The van der Waals surface area contributed by atoms with E-state index in [1.165, 1.54) is 11.1 Å². The summed E-state index contributed by atoms with van der Waals surface area (Å²) in [4.78, 5) is 14.5. The van der Waals surface area contributed by atoms with Gasteiger partial charge in [-0.3, -0.25) is 4.90 Å². The Kier molecular flexibility index (Phi) is 7.53. The molecule has 1 unspecified atom stereocenters. The minimum absolute atomic E-state index is 0.0522. The molecule has 0 radical (unpaired) electrons. The van der Waals surface area contributed by atoms with Crippen LogP contribution in [0.3, 0.4) is 0 Å². The molecular formula is C19H31N3O2. The van der Waals surface area contributed by atoms with Crippen molar-refractivity contribution in [2.75, 3.05) is 19.7 Å². The Balaban J connectivity index is 1.71. The summed E-state index contributed by atoms with van der Waals surface area (Å²) in [5, 5.41) is 15.0. The van der Waals surface area contributed by atoms with Crippen LogP contribution in [0.25, 0.3) is 0 Å². The van der Waals surface area contributed by atoms with Gasteiger partial charge in [-0.2, -0.15) is 0 Å². The summed E-state index contributed by atoms with van der Waals surface area (Å²) in [5.74, 6) is 0. The standard InChI is InChI=1S/C19H31N3O2/c1-3-17(9-12-23)20-19(24)21-18-7-10-22(11-8-18)14-16-6-4-5-15(2)13-16/h4-6,13,17-18,23H,3,7-12,14H2,1-2H3,(H2,20,21,24). The van der Waals surface area contributed by atoms with E-state index in [0.717, 1.165) is 38.9 Å². The van der Waals surface area contributed by atoms with Crippen molar-refractivity contribution in [1.29, 1.82) is 0 Å². The number of hydrogen-bond donors (Lipinski definition) is 3. The fourth-order valence-electron chi connectivity index (χ4n) is 3.25. The zero-order valence-electron chi connectivity index (χ0n) is 14.9. The predicted octanol–water partition coefficient (Wildman–Crippen LogP) is 2.42. The Morgan fingerprint density at radius 3 is 2.75 bits per heavy atom. The third-order valence-corrected chi connectivity index (χ3v) is 4.72. The maximum absolute atomic E-state index is 12.0. The molecule has 0 saturated carbocycles. The largest absolute Gasteiger partial charge is 0.396 e. The van der Waals surface area contributed by atoms with Crippen LogP contribution in [0.4, 0.5) is 4.79 Å². The smallest absolute Gasteiger partial charge is 0.315 e. The first-order valence-corrected chi connectivity index (χ1v) is 9.06. The van der Waals surface area contributed by atoms with Crippen molar-refractivity contribution in [3.8, 4) is 0 Å². The Labute approximate surface area is 145 Å². The fraction of sp³-hybridized carbons (Fsp3) is 0.632. The van der Waals surface area contributed by atoms with Crippen LogP contribution in [0.5, 0.6) is 0 Å². The van der Waals surface area contributed by atoms with Gasteiger partial charge in [-0.1, -0.05) is 36.8 Å². The Morgan fingerprint density at radius 1 is 1.38 bits per heavy atom. The monoisotopic (exact) mass is 333 g/mol. The summed E-state index contributed by atoms with van der Waals surface area (Å²) in [6.45, 7) is 7.24. The van der Waals surface area contributed by atoms with Crippen molar-refractivity contribution < 1.29 is 9.90 Å². The molecule has 2 rings (SSSR count). The maximum Gasteiger partial charge on any atom is 0.315 e. The number of nitrogens with one attached hydrogen (secondary N) is 2. The summed E-state index contributed by atoms with van der Waals surface area (Å²) >= 11 is 0. The highest BCUT2D eigenvalue weighted by molar-refractivity contribution is 5.74. The number of nitrogens with zero attached hydrogens (tertiary/aromatic N) is 1. The third-order valence-electron chi connectivity index (χ3n) is 4.72. The van der Waals surface area contributed by atoms with Gasteiger partial charge in [0.25, 0.3) is 0 Å². The van der Waals surface area contributed by atoms with Crippen LogP contribution < -0.4 is 10.6 Å². The number of rotatable bonds is 7. The van der Waals surface area contributed by atoms with Crippen molar-refractivity contribution in [3.63, 3.8) is 0 Å². The first-order valence-electron chi connectivity index (χ1n) is 9.06. The molecule has 1 aliphatic rings. The summed E-state index contributed by atoms with van der Waals surface area (Å²) in [6.07, 6.45) is 3.41. The second-order valence-corrected chi connectivity index (χ2v) is 6.77. The first-order chi connectivity index (χ1) is 11.6. The maximum atomic E-state index is 12.0. The number of likely N-dealkylation sites (tertiary alicyclic amines) is 1. The number of benzene rings is 1. The molecule has 24 heavy (non-hydrogen) atoms. The second kappa shape index (κ2) is 9.64. The van der Waals surface area contributed by atoms with Crippen LogP contribution in [-0.4, -0.2) is 47.8 Å². The van der Waals surface area contributed by atoms with E-state index in [1.807, 2.05) is 6.92 Å². The number of amides is 2. The predicted molar refractivity (Wildman–Crippen MR) is 96.9 cm³/mol. The molecule has 1 aromatic rings. The number of hydrogen-bond acceptors (Lipinski definition) is 3. The van der Waals surface area contributed by atoms with Crippen molar-refractivity contribution in [2.24, 2.45) is 0 Å². The molecule has 0 bridgehead atoms. The number of carbonyl (C=O) groups is 1. The number of carbonyl (C=O) groups excluding carboxylic acids is 1. The molecule has 0 aliphatic carbocycles. The van der Waals surface area contributed by atoms with Crippen molar-refractivity contribution in [3.05, 3.63) is 35.4 Å². The average Bonchev–Trinajstić information content (AvgIpc) is 2.56. The molecule has 1 heterocycles. The van der Waals surface area contributed by atoms with E-state index in [0.29, 0.717) is 6.42 Å². The van der Waals surface area contributed by atoms with Crippen LogP contribution in [-0.2, 0) is 6.54 Å². The summed E-state index contributed by atoms with van der Waals surface area (Å²) in [5.41, 5.74) is 2.66. The molecule has 5 nitrogen and oxygen atoms in total. The molecule has 1 aromatic carbocycles. The van der Waals surface area contributed by atoms with E-state index in [1.54, 1.807) is 0 Å². The lowest BCUT2D eigenvalue weighted by atomic mass is 10.0. The highest BCUT2D eigenvalue weighted by Gasteiger charge is 2.21. The van der Waals surface area contributed by atoms with Gasteiger partial charge >= 0.3 is 6.03 Å². The van der Waals surface area contributed by atoms with Crippen LogP contribution in [0, 0.1) is 6.92 Å². The lowest BCUT2D eigenvalue weighted by Gasteiger charge is -2.32. The molecule has 2 amide bonds. The molecular weight excluding hydrogens is 302 g/mol. The molecule has 0 spiro atoms. The summed E-state index contributed by atoms with van der Waals surface area (Å²) < 4.78 is 0. The highest BCUT2D eigenvalue weighted by atomic mass is 16.3. The molecule has 0 aromatic heterocycles. The van der Waals surface area contributed by atoms with E-state index in [9.17, 15) is 4.79 Å². The number of aliphatic hydroxyl groups is 1. The Bertz CT molecular complexity index is 513. The van der Waals surface area contributed by atoms with Crippen molar-refractivity contribution in [2.45, 2.75) is 58.2 Å². The zero-order chi connectivity index (χ0) is 17.4. The minimum atomic E-state index is -0.104. The van der Waals surface area contributed by atoms with E-state index in [4.69, 9.17) is 5.11 Å². The van der Waals surface area contributed by atoms with Gasteiger partial charge in [0.05, 0.1) is 0 Å². The van der Waals surface area contributed by atoms with Crippen LogP contribution in [0.15, 0.2) is 24.3 Å². The molecule has 134 valence electrons. The zero-order valence-corrected chi connectivity index (χ0v) is 14.9. The number of aryl methyl sites for hydroxylation is 1. The lowest BCUT2D eigenvalue weighted by molar-refractivity contribution is 0.184. The highest BCUT2D eigenvalue weighted by Crippen LogP contribution is 2.14. The molecule has 1 atom stereocenters. The quantitative estimate of drug-likeness (QED) is 0.718. The van der Waals surface area contributed by atoms with Crippen LogP contribution in [0.1, 0.15) is 43.7 Å². The van der Waals surface area contributed by atoms with E-state index < -0.39 is 0 Å². The van der Waals surface area contributed by atoms with Gasteiger partial charge < -0.3 is 15.7 Å². The second-order valence-electron chi connectivity index (χ2n) is 6.77. The van der Waals surface area contributed by atoms with E-state index >= 15 is 0 Å². The Hall–Kier alpha value is -1.59. The van der Waals surface area contributed by atoms with Crippen LogP contribution >= 0.6 is 0 Å². The molecule has 5 heteroatoms. The number of urea groups is 1. The van der Waals surface area contributed by atoms with Crippen LogP contribution in [0.2, 0.25) is 0 Å². The van der Waals surface area contributed by atoms with Gasteiger partial charge in [-0.05, 0) is 38.2 Å². The normalized spacial score (nSPS) is 17.5. The van der Waals surface area contributed by atoms with Gasteiger partial charge in [0.15, 0.2) is 0 Å². The number of aliphatic hydroxyl groups excluding tert-OH is 1.